The van der Waals surface area contributed by atoms with Gasteiger partial charge < -0.3 is 14.5 Å². The number of nitro groups is 1. The van der Waals surface area contributed by atoms with Crippen molar-refractivity contribution < 1.29 is 28.8 Å². The van der Waals surface area contributed by atoms with Crippen LogP contribution < -0.4 is 14.5 Å². The van der Waals surface area contributed by atoms with Crippen LogP contribution in [0.4, 0.5) is 11.4 Å². The van der Waals surface area contributed by atoms with Gasteiger partial charge in [-0.1, -0.05) is 23.5 Å². The van der Waals surface area contributed by atoms with E-state index in [-0.39, 0.29) is 64.5 Å². The van der Waals surface area contributed by atoms with Crippen molar-refractivity contribution in [2.45, 2.75) is 29.5 Å². The van der Waals surface area contributed by atoms with Crippen molar-refractivity contribution in [3.63, 3.8) is 0 Å². The van der Waals surface area contributed by atoms with Gasteiger partial charge in [0, 0.05) is 28.2 Å². The number of hydrogen-bond acceptors (Lipinski definition) is 10. The van der Waals surface area contributed by atoms with Gasteiger partial charge in [-0.05, 0) is 60.9 Å². The van der Waals surface area contributed by atoms with E-state index in [9.17, 15) is 29.3 Å². The minimum Gasteiger partial charge on any atom is -0.482 e. The number of nitro benzene ring substituents is 1. The lowest BCUT2D eigenvalue weighted by Gasteiger charge is -2.43. The van der Waals surface area contributed by atoms with Crippen molar-refractivity contribution in [2.24, 2.45) is 29.6 Å². The van der Waals surface area contributed by atoms with Crippen LogP contribution in [0.1, 0.15) is 29.7 Å². The van der Waals surface area contributed by atoms with Gasteiger partial charge in [-0.2, -0.15) is 0 Å². The Morgan fingerprint density at radius 1 is 1.10 bits per heavy atom. The number of fused-ring (bicyclic) bond motifs is 9. The highest BCUT2D eigenvalue weighted by atomic mass is 32.2. The summed E-state index contributed by atoms with van der Waals surface area (Å²) in [5.74, 6) is -1.83. The highest BCUT2D eigenvalue weighted by molar-refractivity contribution is 8.00. The number of hydrogen-bond donors (Lipinski definition) is 1. The summed E-state index contributed by atoms with van der Waals surface area (Å²) >= 11 is 2.76. The van der Waals surface area contributed by atoms with Crippen molar-refractivity contribution in [2.75, 3.05) is 18.1 Å². The molecule has 1 aromatic heterocycles. The molecule has 7 atom stereocenters. The van der Waals surface area contributed by atoms with Gasteiger partial charge in [0.05, 0.1) is 34.1 Å². The zero-order valence-electron chi connectivity index (χ0n) is 22.3. The fourth-order valence-corrected chi connectivity index (χ4v) is 10.4. The van der Waals surface area contributed by atoms with Gasteiger partial charge in [0.1, 0.15) is 5.75 Å². The summed E-state index contributed by atoms with van der Waals surface area (Å²) in [7, 11) is 0. The van der Waals surface area contributed by atoms with Crippen molar-refractivity contribution in [1.29, 1.82) is 0 Å². The summed E-state index contributed by atoms with van der Waals surface area (Å²) in [5.41, 5.74) is 1.14. The number of thiazole rings is 1. The second-order valence-electron chi connectivity index (χ2n) is 10.9. The normalized spacial score (nSPS) is 28.8. The van der Waals surface area contributed by atoms with Crippen LogP contribution in [-0.4, -0.2) is 46.2 Å². The summed E-state index contributed by atoms with van der Waals surface area (Å²) in [5, 5.41) is 11.9. The Morgan fingerprint density at radius 2 is 1.83 bits per heavy atom. The standard InChI is InChI=1S/C29H25N3O8S2/c1-2-39-19(33)12-40-16-5-3-4-13(10-16)20-21-17-11-18(24(21)41-26-25(20)42-29(36)30-26)23-22(17)27(34)31(28(23)35)14-6-8-15(9-7-14)32(37)38/h3-10,17-18,20-24H,2,11-12H2,1H3,(H,30,36)/t17?,18?,20-,21?,22?,23?,24?/m1/s1. The average molecular weight is 608 g/mol. The first kappa shape index (κ1) is 26.9. The minimum absolute atomic E-state index is 0.00549. The maximum atomic E-state index is 13.9. The summed E-state index contributed by atoms with van der Waals surface area (Å²) in [6.07, 6.45) is 0.734. The number of H-pyrrole nitrogens is 1. The van der Waals surface area contributed by atoms with E-state index in [1.165, 1.54) is 29.2 Å². The molecule has 2 bridgehead atoms. The van der Waals surface area contributed by atoms with Crippen LogP contribution in [0.2, 0.25) is 0 Å². The first-order valence-corrected chi connectivity index (χ1v) is 15.4. The Balaban J connectivity index is 1.23. The number of nitrogens with zero attached hydrogens (tertiary/aromatic N) is 2. The largest absolute Gasteiger partial charge is 0.482 e. The van der Waals surface area contributed by atoms with Crippen LogP contribution in [0.15, 0.2) is 58.4 Å². The van der Waals surface area contributed by atoms with Crippen molar-refractivity contribution in [3.05, 3.63) is 78.8 Å². The van der Waals surface area contributed by atoms with Gasteiger partial charge in [-0.3, -0.25) is 29.4 Å². The summed E-state index contributed by atoms with van der Waals surface area (Å²) < 4.78 is 10.7. The molecule has 13 heteroatoms. The molecular weight excluding hydrogens is 582 g/mol. The van der Waals surface area contributed by atoms with Gasteiger partial charge in [0.25, 0.3) is 5.69 Å². The fourth-order valence-electron chi connectivity index (χ4n) is 7.51. The highest BCUT2D eigenvalue weighted by Gasteiger charge is 2.69. The quantitative estimate of drug-likeness (QED) is 0.182. The number of carbonyl (C=O) groups is 3. The second-order valence-corrected chi connectivity index (χ2v) is 13.1. The molecule has 0 spiro atoms. The molecule has 2 saturated carbocycles. The number of nitrogens with one attached hydrogen (secondary N) is 1. The summed E-state index contributed by atoms with van der Waals surface area (Å²) in [6, 6.07) is 13.0. The Morgan fingerprint density at radius 3 is 2.55 bits per heavy atom. The maximum Gasteiger partial charge on any atom is 0.344 e. The lowest BCUT2D eigenvalue weighted by Crippen LogP contribution is -2.42. The third-order valence-corrected chi connectivity index (χ3v) is 11.5. The molecule has 11 nitrogen and oxygen atoms in total. The van der Waals surface area contributed by atoms with Gasteiger partial charge in [-0.15, -0.1) is 11.8 Å². The molecule has 7 rings (SSSR count). The van der Waals surface area contributed by atoms with Gasteiger partial charge in [-0.25, -0.2) is 4.79 Å². The van der Waals surface area contributed by atoms with Crippen LogP contribution in [0.5, 0.6) is 5.75 Å². The predicted molar refractivity (Wildman–Crippen MR) is 153 cm³/mol. The molecule has 2 aromatic carbocycles. The molecule has 2 amide bonds. The van der Waals surface area contributed by atoms with Gasteiger partial charge in [0.2, 0.25) is 11.8 Å². The SMILES string of the molecule is CCOC(=O)COc1cccc([C@H]2c3sc(=O)[nH]c3SC3C4CC(C5C(=O)N(c6ccc([N+](=O)[O-])cc6)C(=O)C45)C32)c1. The monoisotopic (exact) mass is 607 g/mol. The molecule has 1 saturated heterocycles. The van der Waals surface area contributed by atoms with E-state index in [1.807, 2.05) is 18.2 Å². The second kappa shape index (κ2) is 10.1. The third kappa shape index (κ3) is 4.09. The number of rotatable bonds is 7. The predicted octanol–water partition coefficient (Wildman–Crippen LogP) is 3.96. The zero-order chi connectivity index (χ0) is 29.3. The van der Waals surface area contributed by atoms with E-state index in [1.54, 1.807) is 24.8 Å². The molecule has 2 aliphatic heterocycles. The number of non-ortho nitro benzene ring substituents is 1. The highest BCUT2D eigenvalue weighted by Crippen LogP contribution is 2.68. The average Bonchev–Trinajstić information content (AvgIpc) is 3.71. The number of aromatic nitrogens is 1. The molecule has 216 valence electrons. The molecule has 4 aliphatic rings. The van der Waals surface area contributed by atoms with Crippen molar-refractivity contribution in [3.8, 4) is 5.75 Å². The van der Waals surface area contributed by atoms with Crippen molar-refractivity contribution >= 4 is 52.3 Å². The lowest BCUT2D eigenvalue weighted by molar-refractivity contribution is -0.384. The molecule has 3 heterocycles. The topological polar surface area (TPSA) is 149 Å². The molecule has 42 heavy (non-hydrogen) atoms. The van der Waals surface area contributed by atoms with E-state index < -0.39 is 22.7 Å². The number of thioether (sulfide) groups is 1. The Labute approximate surface area is 247 Å². The number of carbonyl (C=O) groups excluding carboxylic acids is 3. The van der Waals surface area contributed by atoms with Gasteiger partial charge in [0.15, 0.2) is 6.61 Å². The molecule has 2 aliphatic carbocycles. The van der Waals surface area contributed by atoms with Crippen LogP contribution >= 0.6 is 23.1 Å². The molecular formula is C29H25N3O8S2. The number of aromatic amines is 1. The first-order chi connectivity index (χ1) is 20.3. The van der Waals surface area contributed by atoms with Crippen LogP contribution in [0.25, 0.3) is 0 Å². The van der Waals surface area contributed by atoms with Gasteiger partial charge >= 0.3 is 10.8 Å². The van der Waals surface area contributed by atoms with Crippen LogP contribution in [-0.2, 0) is 19.1 Å². The van der Waals surface area contributed by atoms with E-state index in [0.29, 0.717) is 11.4 Å². The zero-order valence-corrected chi connectivity index (χ0v) is 23.9. The Kier molecular flexibility index (Phi) is 6.46. The number of anilines is 1. The molecule has 6 unspecified atom stereocenters. The molecule has 3 aromatic rings. The van der Waals surface area contributed by atoms with Crippen LogP contribution in [0.3, 0.4) is 0 Å². The molecule has 1 N–H and O–H groups in total. The molecule has 3 fully saturated rings. The summed E-state index contributed by atoms with van der Waals surface area (Å²) in [6.45, 7) is 1.76. The Bertz CT molecular complexity index is 1680. The van der Waals surface area contributed by atoms with E-state index in [0.717, 1.165) is 33.2 Å². The number of imide groups is 1. The first-order valence-electron chi connectivity index (χ1n) is 13.7. The van der Waals surface area contributed by atoms with E-state index in [2.05, 4.69) is 4.98 Å². The minimum atomic E-state index is -0.520. The van der Waals surface area contributed by atoms with Crippen LogP contribution in [0, 0.1) is 39.7 Å². The van der Waals surface area contributed by atoms with E-state index in [4.69, 9.17) is 9.47 Å². The number of ether oxygens (including phenoxy) is 2. The van der Waals surface area contributed by atoms with E-state index >= 15 is 0 Å². The summed E-state index contributed by atoms with van der Waals surface area (Å²) in [4.78, 5) is 67.5. The number of esters is 1. The molecule has 0 radical (unpaired) electrons. The van der Waals surface area contributed by atoms with Crippen molar-refractivity contribution in [1.82, 2.24) is 4.98 Å². The smallest absolute Gasteiger partial charge is 0.344 e. The lowest BCUT2D eigenvalue weighted by atomic mass is 9.68. The third-order valence-electron chi connectivity index (χ3n) is 8.92. The Hall–Kier alpha value is -3.97. The number of amides is 2. The number of benzene rings is 2. The maximum absolute atomic E-state index is 13.9. The fraction of sp³-hybridized carbons (Fsp3) is 0.379.